The van der Waals surface area contributed by atoms with Crippen molar-refractivity contribution < 1.29 is 23.1 Å². The van der Waals surface area contributed by atoms with Crippen LogP contribution < -0.4 is 22.4 Å². The number of fused-ring (bicyclic) bond motifs is 1. The molecule has 3 heterocycles. The van der Waals surface area contributed by atoms with Gasteiger partial charge < -0.3 is 16.2 Å². The van der Waals surface area contributed by atoms with Crippen molar-refractivity contribution in [1.82, 2.24) is 38.7 Å². The molecule has 14 nitrogen and oxygen atoms in total. The predicted molar refractivity (Wildman–Crippen MR) is 172 cm³/mol. The number of aryl methyl sites for hydroxylation is 1. The molecule has 0 saturated carbocycles. The second-order valence-electron chi connectivity index (χ2n) is 11.0. The summed E-state index contributed by atoms with van der Waals surface area (Å²) in [7, 11) is 1.72. The van der Waals surface area contributed by atoms with E-state index in [9.17, 15) is 32.7 Å². The minimum atomic E-state index is -1.42. The minimum Gasteiger partial charge on any atom is -0.478 e. The van der Waals surface area contributed by atoms with Crippen molar-refractivity contribution in [3.63, 3.8) is 0 Å². The number of aromatic carboxylic acids is 1. The van der Waals surface area contributed by atoms with Crippen molar-refractivity contribution in [3.05, 3.63) is 127 Å². The standard InChI is InChI=1S/C31H26ClF3N10O4/c1-42-13-20-19(5-6-36)27(21(32)9-25(20)40-42)38-29-39-30(48)45(31(49)44(29)12-18-8-23(34)24(35)10-22(18)33)14-26-37-15-43(41-26)11-16-3-2-4-17(7-16)28(46)47/h2-4,7-10,13,15H,5-6,11-12,14,36H2,1H3,(H,46,47)(H,38,39,48). The summed E-state index contributed by atoms with van der Waals surface area (Å²) >= 11 is 6.63. The molecule has 18 heteroatoms. The van der Waals surface area contributed by atoms with Crippen LogP contribution in [0, 0.1) is 17.5 Å². The maximum absolute atomic E-state index is 14.9. The van der Waals surface area contributed by atoms with E-state index in [4.69, 9.17) is 17.3 Å². The zero-order valence-corrected chi connectivity index (χ0v) is 26.3. The summed E-state index contributed by atoms with van der Waals surface area (Å²) in [5.74, 6) is -5.34. The van der Waals surface area contributed by atoms with Crippen LogP contribution in [-0.4, -0.2) is 56.3 Å². The topological polar surface area (TPSA) is 181 Å². The van der Waals surface area contributed by atoms with Crippen LogP contribution in [0.3, 0.4) is 0 Å². The SMILES string of the molecule is Cn1cc2c(CCN)c(Nc3nc(=O)n(Cc4ncn(Cc5cccc(C(=O)O)c5)n4)c(=O)n3Cc3cc(F)c(F)cc3F)c(Cl)cc2n1. The summed E-state index contributed by atoms with van der Waals surface area (Å²) in [5.41, 5.74) is 5.56. The van der Waals surface area contributed by atoms with Crippen LogP contribution in [0.25, 0.3) is 10.9 Å². The number of rotatable bonds is 11. The van der Waals surface area contributed by atoms with Crippen molar-refractivity contribution in [1.29, 1.82) is 0 Å². The van der Waals surface area contributed by atoms with Crippen LogP contribution >= 0.6 is 11.6 Å². The third-order valence-corrected chi connectivity index (χ3v) is 7.89. The lowest BCUT2D eigenvalue weighted by Gasteiger charge is -2.18. The van der Waals surface area contributed by atoms with Gasteiger partial charge in [0.25, 0.3) is 0 Å². The zero-order chi connectivity index (χ0) is 35.0. The van der Waals surface area contributed by atoms with E-state index in [1.54, 1.807) is 36.1 Å². The fourth-order valence-corrected chi connectivity index (χ4v) is 5.60. The summed E-state index contributed by atoms with van der Waals surface area (Å²) in [6.45, 7) is -0.797. The van der Waals surface area contributed by atoms with Crippen molar-refractivity contribution in [2.75, 3.05) is 11.9 Å². The Bertz CT molecular complexity index is 2370. The van der Waals surface area contributed by atoms with Gasteiger partial charge in [-0.2, -0.15) is 15.2 Å². The Labute approximate surface area is 278 Å². The van der Waals surface area contributed by atoms with Crippen LogP contribution in [0.1, 0.15) is 32.9 Å². The van der Waals surface area contributed by atoms with Crippen molar-refractivity contribution in [3.8, 4) is 0 Å². The Kier molecular flexibility index (Phi) is 9.03. The van der Waals surface area contributed by atoms with Gasteiger partial charge in [0.15, 0.2) is 17.5 Å². The van der Waals surface area contributed by atoms with Gasteiger partial charge in [-0.25, -0.2) is 41.8 Å². The Morgan fingerprint density at radius 1 is 1.00 bits per heavy atom. The number of carbonyl (C=O) groups is 1. The molecular weight excluding hydrogens is 669 g/mol. The van der Waals surface area contributed by atoms with Crippen LogP contribution in [0.2, 0.25) is 5.02 Å². The fourth-order valence-electron chi connectivity index (χ4n) is 5.34. The quantitative estimate of drug-likeness (QED) is 0.171. The van der Waals surface area contributed by atoms with Crippen LogP contribution in [0.15, 0.2) is 64.6 Å². The maximum Gasteiger partial charge on any atom is 0.355 e. The number of benzene rings is 3. The highest BCUT2D eigenvalue weighted by Crippen LogP contribution is 2.35. The number of hydrogen-bond donors (Lipinski definition) is 3. The summed E-state index contributed by atoms with van der Waals surface area (Å²) in [6.07, 6.45) is 3.38. The summed E-state index contributed by atoms with van der Waals surface area (Å²) in [5, 5.41) is 21.7. The zero-order valence-electron chi connectivity index (χ0n) is 25.6. The van der Waals surface area contributed by atoms with Crippen molar-refractivity contribution in [2.45, 2.75) is 26.1 Å². The number of carboxylic acids is 1. The molecule has 49 heavy (non-hydrogen) atoms. The van der Waals surface area contributed by atoms with Crippen LogP contribution in [0.4, 0.5) is 24.8 Å². The normalized spacial score (nSPS) is 11.4. The third kappa shape index (κ3) is 6.79. The van der Waals surface area contributed by atoms with Crippen molar-refractivity contribution >= 4 is 40.1 Å². The van der Waals surface area contributed by atoms with Gasteiger partial charge >= 0.3 is 17.3 Å². The first-order valence-corrected chi connectivity index (χ1v) is 15.0. The number of nitrogens with two attached hydrogens (primary N) is 1. The maximum atomic E-state index is 14.9. The molecule has 6 aromatic rings. The minimum absolute atomic E-state index is 0.0250. The van der Waals surface area contributed by atoms with E-state index in [-0.39, 0.29) is 41.1 Å². The number of nitrogens with one attached hydrogen (secondary N) is 1. The lowest BCUT2D eigenvalue weighted by atomic mass is 10.0. The second-order valence-corrected chi connectivity index (χ2v) is 11.4. The smallest absolute Gasteiger partial charge is 0.355 e. The first-order chi connectivity index (χ1) is 23.4. The Hall–Kier alpha value is -5.81. The van der Waals surface area contributed by atoms with E-state index >= 15 is 0 Å². The highest BCUT2D eigenvalue weighted by atomic mass is 35.5. The molecule has 0 aliphatic heterocycles. The monoisotopic (exact) mass is 694 g/mol. The Morgan fingerprint density at radius 2 is 1.78 bits per heavy atom. The molecule has 3 aromatic carbocycles. The summed E-state index contributed by atoms with van der Waals surface area (Å²) in [6, 6.07) is 8.71. The number of carboxylic acid groups (broad SMARTS) is 1. The first-order valence-electron chi connectivity index (χ1n) is 14.6. The number of nitrogens with zero attached hydrogens (tertiary/aromatic N) is 8. The third-order valence-electron chi connectivity index (χ3n) is 7.59. The molecule has 0 saturated heterocycles. The van der Waals surface area contributed by atoms with Gasteiger partial charge in [-0.3, -0.25) is 9.25 Å². The lowest BCUT2D eigenvalue weighted by molar-refractivity contribution is 0.0696. The van der Waals surface area contributed by atoms with E-state index in [0.717, 1.165) is 4.57 Å². The van der Waals surface area contributed by atoms with Gasteiger partial charge in [-0.05, 0) is 48.4 Å². The first kappa shape index (κ1) is 33.1. The molecule has 0 unspecified atom stereocenters. The van der Waals surface area contributed by atoms with Crippen LogP contribution in [0.5, 0.6) is 0 Å². The Morgan fingerprint density at radius 3 is 2.53 bits per heavy atom. The van der Waals surface area contributed by atoms with E-state index in [0.29, 0.717) is 45.2 Å². The van der Waals surface area contributed by atoms with Gasteiger partial charge in [0.2, 0.25) is 5.95 Å². The lowest BCUT2D eigenvalue weighted by Crippen LogP contribution is -2.43. The summed E-state index contributed by atoms with van der Waals surface area (Å²) in [4.78, 5) is 46.9. The molecule has 6 rings (SSSR count). The summed E-state index contributed by atoms with van der Waals surface area (Å²) < 4.78 is 47.4. The van der Waals surface area contributed by atoms with E-state index < -0.39 is 53.5 Å². The molecule has 0 aliphatic rings. The number of anilines is 2. The number of hydrogen-bond acceptors (Lipinski definition) is 9. The molecule has 0 aliphatic carbocycles. The van der Waals surface area contributed by atoms with Gasteiger partial charge in [0.05, 0.1) is 41.4 Å². The molecule has 0 radical (unpaired) electrons. The molecule has 252 valence electrons. The van der Waals surface area contributed by atoms with E-state index in [1.165, 1.54) is 23.1 Å². The molecule has 3 aromatic heterocycles. The molecule has 0 fully saturated rings. The molecule has 0 amide bonds. The van der Waals surface area contributed by atoms with E-state index in [2.05, 4.69) is 25.5 Å². The average Bonchev–Trinajstić information content (AvgIpc) is 3.66. The molecule has 0 atom stereocenters. The van der Waals surface area contributed by atoms with Gasteiger partial charge in [-0.15, -0.1) is 0 Å². The van der Waals surface area contributed by atoms with Gasteiger partial charge in [0, 0.05) is 30.3 Å². The molecule has 4 N–H and O–H groups in total. The van der Waals surface area contributed by atoms with Crippen LogP contribution in [-0.2, 0) is 33.1 Å². The van der Waals surface area contributed by atoms with Gasteiger partial charge in [-0.1, -0.05) is 23.7 Å². The largest absolute Gasteiger partial charge is 0.478 e. The number of halogens is 4. The van der Waals surface area contributed by atoms with E-state index in [1.807, 2.05) is 0 Å². The van der Waals surface area contributed by atoms with Gasteiger partial charge in [0.1, 0.15) is 12.1 Å². The Balaban J connectivity index is 1.41. The molecule has 0 spiro atoms. The van der Waals surface area contributed by atoms with Crippen molar-refractivity contribution in [2.24, 2.45) is 12.8 Å². The highest BCUT2D eigenvalue weighted by molar-refractivity contribution is 6.34. The highest BCUT2D eigenvalue weighted by Gasteiger charge is 2.22. The molecular formula is C31H26ClF3N10O4. The second kappa shape index (κ2) is 13.4. The average molecular weight is 695 g/mol. The fraction of sp³-hybridized carbons (Fsp3) is 0.194. The number of aromatic nitrogens is 8. The molecule has 0 bridgehead atoms. The predicted octanol–water partition coefficient (Wildman–Crippen LogP) is 3.04.